The zero-order chi connectivity index (χ0) is 14.4. The summed E-state index contributed by atoms with van der Waals surface area (Å²) in [5.74, 6) is 0.535. The summed E-state index contributed by atoms with van der Waals surface area (Å²) < 4.78 is 16.3. The van der Waals surface area contributed by atoms with E-state index in [0.29, 0.717) is 15.8 Å². The summed E-state index contributed by atoms with van der Waals surface area (Å²) in [7, 11) is 0. The second kappa shape index (κ2) is 8.05. The van der Waals surface area contributed by atoms with Gasteiger partial charge in [-0.3, -0.25) is 0 Å². The van der Waals surface area contributed by atoms with Crippen LogP contribution in [-0.4, -0.2) is 43.7 Å². The highest BCUT2D eigenvalue weighted by atomic mass is 35.5. The normalized spacial score (nSPS) is 17.9. The molecule has 0 unspecified atom stereocenters. The molecular formula is C14H18Cl2O4. The molecule has 0 aliphatic carbocycles. The molecule has 0 spiro atoms. The van der Waals surface area contributed by atoms with Gasteiger partial charge in [0.25, 0.3) is 0 Å². The van der Waals surface area contributed by atoms with Gasteiger partial charge in [-0.15, -0.1) is 0 Å². The fourth-order valence-electron chi connectivity index (χ4n) is 1.94. The van der Waals surface area contributed by atoms with E-state index in [1.54, 1.807) is 18.2 Å². The van der Waals surface area contributed by atoms with Gasteiger partial charge in [0.05, 0.1) is 12.7 Å². The van der Waals surface area contributed by atoms with Gasteiger partial charge < -0.3 is 19.3 Å². The Morgan fingerprint density at radius 3 is 2.45 bits per heavy atom. The second-order valence-electron chi connectivity index (χ2n) is 4.72. The first-order valence-electron chi connectivity index (χ1n) is 6.60. The minimum Gasteiger partial charge on any atom is -0.491 e. The highest BCUT2D eigenvalue weighted by Gasteiger charge is 2.16. The summed E-state index contributed by atoms with van der Waals surface area (Å²) in [6, 6.07) is 4.93. The zero-order valence-corrected chi connectivity index (χ0v) is 12.6. The highest BCUT2D eigenvalue weighted by Crippen LogP contribution is 2.24. The molecule has 1 heterocycles. The molecule has 4 nitrogen and oxygen atoms in total. The molecule has 0 saturated carbocycles. The van der Waals surface area contributed by atoms with E-state index in [4.69, 9.17) is 37.4 Å². The number of aliphatic hydroxyl groups is 1. The van der Waals surface area contributed by atoms with E-state index in [-0.39, 0.29) is 19.3 Å². The van der Waals surface area contributed by atoms with E-state index in [1.165, 1.54) is 0 Å². The van der Waals surface area contributed by atoms with Crippen molar-refractivity contribution >= 4 is 23.2 Å². The lowest BCUT2D eigenvalue weighted by molar-refractivity contribution is -0.0659. The van der Waals surface area contributed by atoms with Crippen molar-refractivity contribution in [3.05, 3.63) is 28.2 Å². The van der Waals surface area contributed by atoms with Crippen LogP contribution in [0.25, 0.3) is 0 Å². The fourth-order valence-corrected chi connectivity index (χ4v) is 2.45. The molecular weight excluding hydrogens is 303 g/mol. The van der Waals surface area contributed by atoms with Crippen molar-refractivity contribution in [2.75, 3.05) is 26.4 Å². The van der Waals surface area contributed by atoms with E-state index < -0.39 is 6.10 Å². The first-order chi connectivity index (χ1) is 9.63. The lowest BCUT2D eigenvalue weighted by atomic mass is 10.1. The molecule has 1 atom stereocenters. The maximum absolute atomic E-state index is 9.83. The molecule has 2 rings (SSSR count). The van der Waals surface area contributed by atoms with Crippen LogP contribution in [0.4, 0.5) is 0 Å². The Morgan fingerprint density at radius 1 is 1.15 bits per heavy atom. The second-order valence-corrected chi connectivity index (χ2v) is 5.59. The van der Waals surface area contributed by atoms with Gasteiger partial charge in [-0.2, -0.15) is 0 Å². The summed E-state index contributed by atoms with van der Waals surface area (Å²) >= 11 is 11.7. The molecule has 1 aromatic rings. The van der Waals surface area contributed by atoms with Crippen LogP contribution in [0, 0.1) is 0 Å². The Bertz CT molecular complexity index is 401. The van der Waals surface area contributed by atoms with Crippen molar-refractivity contribution in [3.8, 4) is 5.75 Å². The van der Waals surface area contributed by atoms with Crippen LogP contribution in [0.15, 0.2) is 18.2 Å². The van der Waals surface area contributed by atoms with Crippen LogP contribution >= 0.6 is 23.2 Å². The standard InChI is InChI=1S/C14H18Cl2O4/c15-10-5-11(16)7-14(6-10)20-9-12(17)8-19-13-1-3-18-4-2-13/h5-7,12-13,17H,1-4,8-9H2/t12-/m1/s1. The van der Waals surface area contributed by atoms with Gasteiger partial charge in [-0.25, -0.2) is 0 Å². The number of hydrogen-bond donors (Lipinski definition) is 1. The zero-order valence-electron chi connectivity index (χ0n) is 11.1. The van der Waals surface area contributed by atoms with Gasteiger partial charge in [0.2, 0.25) is 0 Å². The molecule has 1 aromatic carbocycles. The quantitative estimate of drug-likeness (QED) is 0.875. The SMILES string of the molecule is O[C@@H](COc1cc(Cl)cc(Cl)c1)COC1CCOCC1. The summed E-state index contributed by atoms with van der Waals surface area (Å²) in [5, 5.41) is 10.8. The maximum atomic E-state index is 9.83. The number of aliphatic hydroxyl groups excluding tert-OH is 1. The van der Waals surface area contributed by atoms with Crippen molar-refractivity contribution in [1.29, 1.82) is 0 Å². The molecule has 1 saturated heterocycles. The number of ether oxygens (including phenoxy) is 3. The number of rotatable bonds is 6. The van der Waals surface area contributed by atoms with Gasteiger partial charge >= 0.3 is 0 Å². The van der Waals surface area contributed by atoms with E-state index in [2.05, 4.69) is 0 Å². The van der Waals surface area contributed by atoms with Crippen LogP contribution in [0.2, 0.25) is 10.0 Å². The summed E-state index contributed by atoms with van der Waals surface area (Å²) in [6.07, 6.45) is 1.23. The Morgan fingerprint density at radius 2 is 1.80 bits per heavy atom. The average molecular weight is 321 g/mol. The predicted octanol–water partition coefficient (Wildman–Crippen LogP) is 2.93. The Kier molecular flexibility index (Phi) is 6.39. The van der Waals surface area contributed by atoms with Gasteiger partial charge in [-0.05, 0) is 31.0 Å². The third-order valence-electron chi connectivity index (χ3n) is 2.97. The molecule has 1 aliphatic heterocycles. The highest BCUT2D eigenvalue weighted by molar-refractivity contribution is 6.34. The van der Waals surface area contributed by atoms with Crippen LogP contribution in [0.1, 0.15) is 12.8 Å². The van der Waals surface area contributed by atoms with Crippen LogP contribution in [0.3, 0.4) is 0 Å². The van der Waals surface area contributed by atoms with Gasteiger partial charge in [-0.1, -0.05) is 23.2 Å². The maximum Gasteiger partial charge on any atom is 0.122 e. The summed E-state index contributed by atoms with van der Waals surface area (Å²) in [5.41, 5.74) is 0. The fraction of sp³-hybridized carbons (Fsp3) is 0.571. The van der Waals surface area contributed by atoms with E-state index >= 15 is 0 Å². The minimum absolute atomic E-state index is 0.139. The first kappa shape index (κ1) is 15.9. The molecule has 0 amide bonds. The summed E-state index contributed by atoms with van der Waals surface area (Å²) in [6.45, 7) is 1.83. The molecule has 6 heteroatoms. The van der Waals surface area contributed by atoms with Crippen molar-refractivity contribution in [3.63, 3.8) is 0 Å². The molecule has 1 aliphatic rings. The van der Waals surface area contributed by atoms with Gasteiger partial charge in [0, 0.05) is 23.3 Å². The lowest BCUT2D eigenvalue weighted by Gasteiger charge is -2.23. The third-order valence-corrected chi connectivity index (χ3v) is 3.41. The van der Waals surface area contributed by atoms with E-state index in [1.807, 2.05) is 0 Å². The van der Waals surface area contributed by atoms with Crippen molar-refractivity contribution in [2.24, 2.45) is 0 Å². The minimum atomic E-state index is -0.685. The third kappa shape index (κ3) is 5.46. The Balaban J connectivity index is 1.70. The molecule has 1 N–H and O–H groups in total. The molecule has 0 radical (unpaired) electrons. The Labute approximate surface area is 128 Å². The molecule has 20 heavy (non-hydrogen) atoms. The number of halogens is 2. The number of hydrogen-bond acceptors (Lipinski definition) is 4. The number of benzene rings is 1. The monoisotopic (exact) mass is 320 g/mol. The molecule has 0 bridgehead atoms. The van der Waals surface area contributed by atoms with Crippen LogP contribution < -0.4 is 4.74 Å². The largest absolute Gasteiger partial charge is 0.491 e. The average Bonchev–Trinajstić information content (AvgIpc) is 2.43. The smallest absolute Gasteiger partial charge is 0.122 e. The van der Waals surface area contributed by atoms with Gasteiger partial charge in [0.1, 0.15) is 18.5 Å². The molecule has 0 aromatic heterocycles. The topological polar surface area (TPSA) is 47.9 Å². The van der Waals surface area contributed by atoms with Crippen LogP contribution in [0.5, 0.6) is 5.75 Å². The Hall–Kier alpha value is -0.520. The van der Waals surface area contributed by atoms with E-state index in [9.17, 15) is 5.11 Å². The molecule has 112 valence electrons. The van der Waals surface area contributed by atoms with Crippen LogP contribution in [-0.2, 0) is 9.47 Å². The van der Waals surface area contributed by atoms with Crippen molar-refractivity contribution < 1.29 is 19.3 Å². The van der Waals surface area contributed by atoms with Crippen molar-refractivity contribution in [2.45, 2.75) is 25.0 Å². The molecule has 1 fully saturated rings. The van der Waals surface area contributed by atoms with Gasteiger partial charge in [0.15, 0.2) is 0 Å². The lowest BCUT2D eigenvalue weighted by Crippen LogP contribution is -2.30. The van der Waals surface area contributed by atoms with E-state index in [0.717, 1.165) is 26.1 Å². The predicted molar refractivity (Wildman–Crippen MR) is 77.8 cm³/mol. The van der Waals surface area contributed by atoms with Crippen molar-refractivity contribution in [1.82, 2.24) is 0 Å². The first-order valence-corrected chi connectivity index (χ1v) is 7.35. The summed E-state index contributed by atoms with van der Waals surface area (Å²) in [4.78, 5) is 0.